The Bertz CT molecular complexity index is 694. The molecule has 4 nitrogen and oxygen atoms in total. The summed E-state index contributed by atoms with van der Waals surface area (Å²) >= 11 is 2.44. The lowest BCUT2D eigenvalue weighted by molar-refractivity contribution is 0.0168. The van der Waals surface area contributed by atoms with Crippen molar-refractivity contribution in [2.75, 3.05) is 18.1 Å². The number of halogens is 1. The third kappa shape index (κ3) is 10.3. The second kappa shape index (κ2) is 12.9. The van der Waals surface area contributed by atoms with Crippen molar-refractivity contribution in [1.82, 2.24) is 0 Å². The van der Waals surface area contributed by atoms with E-state index in [-0.39, 0.29) is 22.3 Å². The quantitative estimate of drug-likeness (QED) is 0.129. The fraction of sp³-hybridized carbons (Fsp3) is 0.769. The summed E-state index contributed by atoms with van der Waals surface area (Å²) in [4.78, 5) is 0. The zero-order valence-electron chi connectivity index (χ0n) is 23.0. The molecule has 1 aromatic carbocycles. The zero-order valence-corrected chi connectivity index (χ0v) is 27.2. The van der Waals surface area contributed by atoms with Crippen LogP contribution in [0.2, 0.25) is 36.3 Å². The van der Waals surface area contributed by atoms with Crippen LogP contribution in [0.25, 0.3) is 0 Å². The molecule has 0 saturated heterocycles. The summed E-state index contributed by atoms with van der Waals surface area (Å²) < 4.78 is 25.9. The number of ether oxygens (including phenoxy) is 2. The Morgan fingerprint density at radius 1 is 0.848 bits per heavy atom. The Hall–Kier alpha value is 0.0638. The second-order valence-electron chi connectivity index (χ2n) is 12.1. The minimum atomic E-state index is -1.89. The van der Waals surface area contributed by atoms with Crippen LogP contribution in [0.15, 0.2) is 24.3 Å². The van der Waals surface area contributed by atoms with Gasteiger partial charge in [0.1, 0.15) is 5.75 Å². The predicted octanol–water partition coefficient (Wildman–Crippen LogP) is 8.21. The molecular weight excluding hydrogens is 559 g/mol. The summed E-state index contributed by atoms with van der Waals surface area (Å²) in [5.74, 6) is 0.869. The van der Waals surface area contributed by atoms with E-state index in [1.165, 1.54) is 0 Å². The largest absolute Gasteiger partial charge is 0.497 e. The van der Waals surface area contributed by atoms with Gasteiger partial charge in [0.05, 0.1) is 19.8 Å². The van der Waals surface area contributed by atoms with Crippen molar-refractivity contribution >= 4 is 39.2 Å². The number of hydrogen-bond donors (Lipinski definition) is 0. The van der Waals surface area contributed by atoms with Gasteiger partial charge in [0.15, 0.2) is 16.6 Å². The summed E-state index contributed by atoms with van der Waals surface area (Å²) in [6.07, 6.45) is 2.10. The molecule has 0 radical (unpaired) electrons. The van der Waals surface area contributed by atoms with Crippen molar-refractivity contribution in [3.05, 3.63) is 29.8 Å². The van der Waals surface area contributed by atoms with E-state index in [9.17, 15) is 0 Å². The molecule has 0 bridgehead atoms. The van der Waals surface area contributed by atoms with E-state index in [0.717, 1.165) is 35.2 Å². The average Bonchev–Trinajstić information content (AvgIpc) is 2.69. The van der Waals surface area contributed by atoms with E-state index >= 15 is 0 Å². The van der Waals surface area contributed by atoms with Gasteiger partial charge in [-0.3, -0.25) is 0 Å². The average molecular weight is 609 g/mol. The van der Waals surface area contributed by atoms with E-state index < -0.39 is 16.6 Å². The van der Waals surface area contributed by atoms with Gasteiger partial charge in [-0.25, -0.2) is 0 Å². The zero-order chi connectivity index (χ0) is 25.5. The molecule has 7 heteroatoms. The first kappa shape index (κ1) is 31.1. The number of alkyl halides is 1. The van der Waals surface area contributed by atoms with E-state index in [4.69, 9.17) is 18.3 Å². The Kier molecular flexibility index (Phi) is 12.1. The van der Waals surface area contributed by atoms with Crippen molar-refractivity contribution in [3.8, 4) is 5.75 Å². The number of benzene rings is 1. The minimum absolute atomic E-state index is 0.145. The van der Waals surface area contributed by atoms with Crippen LogP contribution in [0.4, 0.5) is 0 Å². The third-order valence-electron chi connectivity index (χ3n) is 7.32. The first-order chi connectivity index (χ1) is 15.0. The maximum absolute atomic E-state index is 6.89. The normalized spacial score (nSPS) is 15.4. The highest BCUT2D eigenvalue weighted by atomic mass is 127. The molecule has 0 aromatic heterocycles. The molecule has 33 heavy (non-hydrogen) atoms. The lowest BCUT2D eigenvalue weighted by Gasteiger charge is -2.41. The van der Waals surface area contributed by atoms with Crippen molar-refractivity contribution in [2.45, 2.75) is 109 Å². The summed E-state index contributed by atoms with van der Waals surface area (Å²) in [5.41, 5.74) is 1.16. The van der Waals surface area contributed by atoms with Crippen LogP contribution in [0.1, 0.15) is 59.9 Å². The molecule has 0 N–H and O–H groups in total. The SMILES string of the molecule is COc1ccc(CO[C@H](CI)C[C@H](CCO[Si](C)(C)C(C)(C)C)O[Si](C)(C)C(C)(C)C)cc1. The van der Waals surface area contributed by atoms with Crippen LogP contribution in [0.3, 0.4) is 0 Å². The van der Waals surface area contributed by atoms with Gasteiger partial charge in [-0.15, -0.1) is 0 Å². The van der Waals surface area contributed by atoms with Crippen LogP contribution in [-0.2, 0) is 20.2 Å². The number of hydrogen-bond acceptors (Lipinski definition) is 4. The van der Waals surface area contributed by atoms with Gasteiger partial charge in [-0.05, 0) is 66.8 Å². The Morgan fingerprint density at radius 3 is 1.85 bits per heavy atom. The molecular formula is C26H49IO4Si2. The van der Waals surface area contributed by atoms with Crippen molar-refractivity contribution < 1.29 is 18.3 Å². The molecule has 1 aromatic rings. The molecule has 2 atom stereocenters. The fourth-order valence-corrected chi connectivity index (χ4v) is 5.96. The molecule has 0 aliphatic carbocycles. The Labute approximate surface area is 219 Å². The summed E-state index contributed by atoms with van der Waals surface area (Å²) in [6.45, 7) is 24.5. The molecule has 0 amide bonds. The summed E-state index contributed by atoms with van der Waals surface area (Å²) in [5, 5.41) is 0.393. The maximum Gasteiger partial charge on any atom is 0.192 e. The lowest BCUT2D eigenvalue weighted by atomic mass is 10.1. The van der Waals surface area contributed by atoms with Gasteiger partial charge in [0.2, 0.25) is 0 Å². The van der Waals surface area contributed by atoms with Crippen LogP contribution in [0.5, 0.6) is 5.75 Å². The third-order valence-corrected chi connectivity index (χ3v) is 17.4. The van der Waals surface area contributed by atoms with Crippen molar-refractivity contribution in [1.29, 1.82) is 0 Å². The number of methoxy groups -OCH3 is 1. The van der Waals surface area contributed by atoms with Crippen LogP contribution in [-0.4, -0.2) is 47.0 Å². The number of rotatable bonds is 13. The molecule has 0 aliphatic heterocycles. The van der Waals surface area contributed by atoms with Crippen LogP contribution in [0, 0.1) is 0 Å². The fourth-order valence-electron chi connectivity index (χ4n) is 2.88. The molecule has 0 saturated carbocycles. The Balaban J connectivity index is 2.84. The van der Waals surface area contributed by atoms with Crippen molar-refractivity contribution in [3.63, 3.8) is 0 Å². The monoisotopic (exact) mass is 608 g/mol. The lowest BCUT2D eigenvalue weighted by Crippen LogP contribution is -2.46. The molecule has 0 unspecified atom stereocenters. The van der Waals surface area contributed by atoms with Crippen LogP contribution < -0.4 is 4.74 Å². The molecule has 0 heterocycles. The predicted molar refractivity (Wildman–Crippen MR) is 155 cm³/mol. The van der Waals surface area contributed by atoms with Gasteiger partial charge in [-0.1, -0.05) is 76.3 Å². The summed E-state index contributed by atoms with van der Waals surface area (Å²) in [6, 6.07) is 8.11. The van der Waals surface area contributed by atoms with Crippen LogP contribution >= 0.6 is 22.6 Å². The maximum atomic E-state index is 6.89. The van der Waals surface area contributed by atoms with E-state index in [1.54, 1.807) is 7.11 Å². The second-order valence-corrected chi connectivity index (χ2v) is 22.5. The minimum Gasteiger partial charge on any atom is -0.497 e. The molecule has 192 valence electrons. The molecule has 0 spiro atoms. The Morgan fingerprint density at radius 2 is 1.39 bits per heavy atom. The standard InChI is InChI=1S/C26H49IO4Si2/c1-25(2,3)32(8,9)30-17-16-23(31-33(10,11)26(4,5)6)18-24(19-27)29-20-21-12-14-22(28-7)15-13-21/h12-15,23-24H,16-20H2,1-11H3/t23-,24-/m0/s1. The first-order valence-electron chi connectivity index (χ1n) is 12.1. The highest BCUT2D eigenvalue weighted by molar-refractivity contribution is 14.1. The molecule has 0 fully saturated rings. The van der Waals surface area contributed by atoms with E-state index in [1.807, 2.05) is 12.1 Å². The first-order valence-corrected chi connectivity index (χ1v) is 19.5. The highest BCUT2D eigenvalue weighted by Crippen LogP contribution is 2.39. The topological polar surface area (TPSA) is 36.9 Å². The summed E-state index contributed by atoms with van der Waals surface area (Å²) in [7, 11) is -1.97. The van der Waals surface area contributed by atoms with Gasteiger partial charge in [-0.2, -0.15) is 0 Å². The van der Waals surface area contributed by atoms with Gasteiger partial charge in [0.25, 0.3) is 0 Å². The molecule has 0 aliphatic rings. The van der Waals surface area contributed by atoms with Gasteiger partial charge >= 0.3 is 0 Å². The van der Waals surface area contributed by atoms with Gasteiger partial charge in [0, 0.05) is 17.1 Å². The highest BCUT2D eigenvalue weighted by Gasteiger charge is 2.40. The smallest absolute Gasteiger partial charge is 0.192 e. The van der Waals surface area contributed by atoms with Gasteiger partial charge < -0.3 is 18.3 Å². The van der Waals surface area contributed by atoms with Crippen molar-refractivity contribution in [2.24, 2.45) is 0 Å². The van der Waals surface area contributed by atoms with E-state index in [2.05, 4.69) is 102 Å². The van der Waals surface area contributed by atoms with E-state index in [0.29, 0.717) is 6.61 Å². The molecule has 1 rings (SSSR count).